The lowest BCUT2D eigenvalue weighted by Crippen LogP contribution is -2.35. The van der Waals surface area contributed by atoms with E-state index < -0.39 is 39.0 Å². The quantitative estimate of drug-likeness (QED) is 0.351. The highest BCUT2D eigenvalue weighted by molar-refractivity contribution is 7.46. The van der Waals surface area contributed by atoms with Crippen molar-refractivity contribution in [3.8, 4) is 0 Å². The van der Waals surface area contributed by atoms with Gasteiger partial charge in [0.15, 0.2) is 17.0 Å². The van der Waals surface area contributed by atoms with Crippen molar-refractivity contribution in [2.75, 3.05) is 25.5 Å². The van der Waals surface area contributed by atoms with Crippen LogP contribution in [0.5, 0.6) is 0 Å². The van der Waals surface area contributed by atoms with Crippen molar-refractivity contribution in [3.63, 3.8) is 0 Å². The molecule has 2 aromatic heterocycles. The molecule has 1 unspecified atom stereocenters. The molecule has 15 heteroatoms. The first-order valence-corrected chi connectivity index (χ1v) is 10.5. The summed E-state index contributed by atoms with van der Waals surface area (Å²) in [6, 6.07) is 0. The number of nitrogens with one attached hydrogen (secondary N) is 2. The van der Waals surface area contributed by atoms with Crippen LogP contribution in [0, 0.1) is 0 Å². The first-order valence-electron chi connectivity index (χ1n) is 8.59. The second-order valence-corrected chi connectivity index (χ2v) is 7.62. The molecule has 4 N–H and O–H groups in total. The Morgan fingerprint density at radius 3 is 2.90 bits per heavy atom. The highest BCUT2D eigenvalue weighted by Gasteiger charge is 2.41. The Kier molecular flexibility index (Phi) is 6.56. The fraction of sp³-hybridized carbons (Fsp3) is 0.571. The predicted octanol–water partition coefficient (Wildman–Crippen LogP) is 1.03. The topological polar surface area (TPSA) is 170 Å². The van der Waals surface area contributed by atoms with Crippen LogP contribution >= 0.6 is 19.4 Å². The number of hydrogen-bond donors (Lipinski definition) is 4. The molecule has 0 saturated carbocycles. The van der Waals surface area contributed by atoms with Gasteiger partial charge in [-0.2, -0.15) is 9.97 Å². The van der Waals surface area contributed by atoms with Gasteiger partial charge in [-0.15, -0.1) is 0 Å². The number of carbonyl (C=O) groups excluding carboxylic acids is 1. The van der Waals surface area contributed by atoms with Crippen LogP contribution in [0.15, 0.2) is 6.33 Å². The maximum atomic E-state index is 11.8. The smallest absolute Gasteiger partial charge is 0.443 e. The zero-order valence-electron chi connectivity index (χ0n) is 15.5. The Labute approximate surface area is 170 Å². The number of amides is 1. The summed E-state index contributed by atoms with van der Waals surface area (Å²) in [6.45, 7) is 1.60. The summed E-state index contributed by atoms with van der Waals surface area (Å²) in [6.07, 6.45) is -1.47. The molecular weight excluding hydrogens is 431 g/mol. The molecule has 3 rings (SSSR count). The summed E-state index contributed by atoms with van der Waals surface area (Å²) < 4.78 is 28.3. The van der Waals surface area contributed by atoms with Crippen LogP contribution in [0.2, 0.25) is 5.28 Å². The number of rotatable bonds is 7. The molecule has 3 atom stereocenters. The minimum Gasteiger partial charge on any atom is -0.443 e. The molecule has 0 aliphatic carbocycles. The summed E-state index contributed by atoms with van der Waals surface area (Å²) in [4.78, 5) is 42.3. The summed E-state index contributed by atoms with van der Waals surface area (Å²) in [5, 5.41) is 5.36. The second-order valence-electron chi connectivity index (χ2n) is 6.04. The molecule has 1 amide bonds. The number of phosphoric ester groups is 1. The lowest BCUT2D eigenvalue weighted by Gasteiger charge is -2.19. The third-order valence-corrected chi connectivity index (χ3v) is 4.76. The van der Waals surface area contributed by atoms with Crippen molar-refractivity contribution in [1.29, 1.82) is 0 Å². The van der Waals surface area contributed by atoms with Crippen molar-refractivity contribution in [1.82, 2.24) is 24.8 Å². The van der Waals surface area contributed by atoms with Crippen LogP contribution in [0.1, 0.15) is 19.6 Å². The molecule has 1 aliphatic heterocycles. The van der Waals surface area contributed by atoms with Crippen LogP contribution in [-0.4, -0.2) is 67.8 Å². The van der Waals surface area contributed by atoms with Gasteiger partial charge in [0.2, 0.25) is 5.28 Å². The molecule has 3 heterocycles. The van der Waals surface area contributed by atoms with E-state index in [1.807, 2.05) is 0 Å². The number of phosphoric acid groups is 1. The van der Waals surface area contributed by atoms with Gasteiger partial charge in [0.25, 0.3) is 0 Å². The van der Waals surface area contributed by atoms with Gasteiger partial charge in [-0.3, -0.25) is 9.09 Å². The SMILES string of the molecule is CCNC(=O)O[C@@H]1CC(n2cnc3c(NC)nc(Cl)nc32)O[C@@H]1COP(=O)(O)O. The Morgan fingerprint density at radius 1 is 1.48 bits per heavy atom. The molecule has 0 bridgehead atoms. The van der Waals surface area contributed by atoms with Crippen LogP contribution < -0.4 is 10.6 Å². The number of hydrogen-bond acceptors (Lipinski definition) is 9. The minimum atomic E-state index is -4.73. The summed E-state index contributed by atoms with van der Waals surface area (Å²) in [5.41, 5.74) is 0.837. The van der Waals surface area contributed by atoms with Crippen LogP contribution in [-0.2, 0) is 18.6 Å². The largest absolute Gasteiger partial charge is 0.469 e. The van der Waals surface area contributed by atoms with E-state index in [-0.39, 0.29) is 11.7 Å². The lowest BCUT2D eigenvalue weighted by atomic mass is 10.2. The van der Waals surface area contributed by atoms with Gasteiger partial charge in [-0.1, -0.05) is 0 Å². The van der Waals surface area contributed by atoms with Gasteiger partial charge in [0.1, 0.15) is 18.4 Å². The number of alkyl carbamates (subject to hydrolysis) is 1. The third-order valence-electron chi connectivity index (χ3n) is 4.11. The van der Waals surface area contributed by atoms with E-state index in [9.17, 15) is 9.36 Å². The first-order chi connectivity index (χ1) is 13.7. The number of halogens is 1. The Balaban J connectivity index is 1.86. The fourth-order valence-corrected chi connectivity index (χ4v) is 3.42. The van der Waals surface area contributed by atoms with E-state index in [2.05, 4.69) is 30.1 Å². The van der Waals surface area contributed by atoms with Crippen LogP contribution in [0.3, 0.4) is 0 Å². The van der Waals surface area contributed by atoms with Gasteiger partial charge in [-0.05, 0) is 18.5 Å². The van der Waals surface area contributed by atoms with Gasteiger partial charge in [0, 0.05) is 20.0 Å². The number of anilines is 1. The Bertz CT molecular complexity index is 937. The van der Waals surface area contributed by atoms with Gasteiger partial charge >= 0.3 is 13.9 Å². The van der Waals surface area contributed by atoms with Crippen molar-refractivity contribution in [2.24, 2.45) is 0 Å². The number of ether oxygens (including phenoxy) is 2. The van der Waals surface area contributed by atoms with E-state index in [4.69, 9.17) is 30.9 Å². The molecule has 160 valence electrons. The van der Waals surface area contributed by atoms with Crippen LogP contribution in [0.4, 0.5) is 10.6 Å². The van der Waals surface area contributed by atoms with Crippen molar-refractivity contribution in [2.45, 2.75) is 31.8 Å². The highest BCUT2D eigenvalue weighted by atomic mass is 35.5. The fourth-order valence-electron chi connectivity index (χ4n) is 2.91. The molecule has 0 spiro atoms. The standard InChI is InChI=1S/C14H20ClN6O7P/c1-3-17-14(22)28-7-4-9(27-8(7)5-26-29(23,24)25)21-6-18-10-11(16-2)19-13(15)20-12(10)21/h6-9H,3-5H2,1-2H3,(H,17,22)(H,16,19,20)(H2,23,24,25)/t7-,8-,9?/m1/s1. The Hall–Kier alpha value is -2.02. The maximum absolute atomic E-state index is 11.8. The average Bonchev–Trinajstić information content (AvgIpc) is 3.22. The molecule has 1 aliphatic rings. The molecule has 13 nitrogen and oxygen atoms in total. The number of imidazole rings is 1. The molecular formula is C14H20ClN6O7P. The molecule has 1 fully saturated rings. The molecule has 1 saturated heterocycles. The third kappa shape index (κ3) is 5.13. The van der Waals surface area contributed by atoms with Gasteiger partial charge < -0.3 is 29.9 Å². The highest BCUT2D eigenvalue weighted by Crippen LogP contribution is 2.39. The molecule has 2 aromatic rings. The lowest BCUT2D eigenvalue weighted by molar-refractivity contribution is -0.0450. The maximum Gasteiger partial charge on any atom is 0.469 e. The zero-order valence-corrected chi connectivity index (χ0v) is 17.1. The molecule has 0 radical (unpaired) electrons. The number of nitrogens with zero attached hydrogens (tertiary/aromatic N) is 4. The van der Waals surface area contributed by atoms with Crippen molar-refractivity contribution in [3.05, 3.63) is 11.6 Å². The van der Waals surface area contributed by atoms with E-state index in [1.54, 1.807) is 18.5 Å². The monoisotopic (exact) mass is 450 g/mol. The van der Waals surface area contributed by atoms with Gasteiger partial charge in [-0.25, -0.2) is 14.3 Å². The second kappa shape index (κ2) is 8.78. The number of fused-ring (bicyclic) bond motifs is 1. The predicted molar refractivity (Wildman–Crippen MR) is 100 cm³/mol. The number of aromatic nitrogens is 4. The van der Waals surface area contributed by atoms with Crippen LogP contribution in [0.25, 0.3) is 11.2 Å². The van der Waals surface area contributed by atoms with E-state index in [0.29, 0.717) is 23.5 Å². The normalized spacial score (nSPS) is 22.0. The van der Waals surface area contributed by atoms with E-state index >= 15 is 0 Å². The minimum absolute atomic E-state index is 0.00176. The number of carbonyl (C=O) groups is 1. The van der Waals surface area contributed by atoms with Gasteiger partial charge in [0.05, 0.1) is 12.9 Å². The average molecular weight is 451 g/mol. The molecule has 0 aromatic carbocycles. The zero-order chi connectivity index (χ0) is 21.2. The summed E-state index contributed by atoms with van der Waals surface area (Å²) in [7, 11) is -3.07. The molecule has 29 heavy (non-hydrogen) atoms. The van der Waals surface area contributed by atoms with Crippen molar-refractivity contribution < 1.29 is 33.1 Å². The summed E-state index contributed by atoms with van der Waals surface area (Å²) in [5.74, 6) is 0.424. The van der Waals surface area contributed by atoms with Crippen molar-refractivity contribution >= 4 is 42.5 Å². The summed E-state index contributed by atoms with van der Waals surface area (Å²) >= 11 is 5.97. The van der Waals surface area contributed by atoms with E-state index in [0.717, 1.165) is 0 Å². The Morgan fingerprint density at radius 2 is 2.24 bits per heavy atom. The van der Waals surface area contributed by atoms with E-state index in [1.165, 1.54) is 6.33 Å². The first kappa shape index (κ1) is 21.7.